The van der Waals surface area contributed by atoms with Gasteiger partial charge in [-0.05, 0) is 17.7 Å². The van der Waals surface area contributed by atoms with Gasteiger partial charge < -0.3 is 10.4 Å². The van der Waals surface area contributed by atoms with Crippen LogP contribution in [0.15, 0.2) is 60.9 Å². The molecule has 0 unspecified atom stereocenters. The molecule has 0 fully saturated rings. The zero-order valence-electron chi connectivity index (χ0n) is 12.7. The van der Waals surface area contributed by atoms with Crippen LogP contribution in [-0.4, -0.2) is 27.9 Å². The molecule has 2 aromatic heterocycles. The Morgan fingerprint density at radius 2 is 1.91 bits per heavy atom. The number of aromatic nitrogens is 2. The van der Waals surface area contributed by atoms with E-state index < -0.39 is 0 Å². The van der Waals surface area contributed by atoms with Gasteiger partial charge in [-0.25, -0.2) is 4.52 Å². The van der Waals surface area contributed by atoms with Crippen molar-refractivity contribution in [2.24, 2.45) is 0 Å². The van der Waals surface area contributed by atoms with Crippen LogP contribution in [0.5, 0.6) is 0 Å². The molecular weight excluding hydrogens is 274 g/mol. The van der Waals surface area contributed by atoms with Gasteiger partial charge in [0.1, 0.15) is 0 Å². The SMILES string of the molecule is C[C@@](CO)(CNCc1cnn2ccccc12)c1ccccc1. The average molecular weight is 295 g/mol. The summed E-state index contributed by atoms with van der Waals surface area (Å²) in [7, 11) is 0. The Balaban J connectivity index is 1.69. The minimum Gasteiger partial charge on any atom is -0.395 e. The zero-order chi connectivity index (χ0) is 15.4. The van der Waals surface area contributed by atoms with E-state index in [4.69, 9.17) is 0 Å². The van der Waals surface area contributed by atoms with Crippen LogP contribution in [0.4, 0.5) is 0 Å². The van der Waals surface area contributed by atoms with E-state index in [1.54, 1.807) is 0 Å². The number of pyridine rings is 1. The van der Waals surface area contributed by atoms with Crippen molar-refractivity contribution < 1.29 is 5.11 Å². The highest BCUT2D eigenvalue weighted by atomic mass is 16.3. The standard InChI is InChI=1S/C18H21N3O/c1-18(14-22,16-7-3-2-4-8-16)13-19-11-15-12-20-21-10-6-5-9-17(15)21/h2-10,12,19,22H,11,13-14H2,1H3/t18-/m0/s1. The molecule has 2 N–H and O–H groups in total. The van der Waals surface area contributed by atoms with E-state index in [2.05, 4.69) is 35.5 Å². The molecule has 0 spiro atoms. The summed E-state index contributed by atoms with van der Waals surface area (Å²) in [5.74, 6) is 0. The number of hydrogen-bond donors (Lipinski definition) is 2. The summed E-state index contributed by atoms with van der Waals surface area (Å²) in [6.07, 6.45) is 3.84. The summed E-state index contributed by atoms with van der Waals surface area (Å²) in [6, 6.07) is 16.2. The number of aliphatic hydroxyl groups is 1. The van der Waals surface area contributed by atoms with Crippen LogP contribution < -0.4 is 5.32 Å². The van der Waals surface area contributed by atoms with Gasteiger partial charge >= 0.3 is 0 Å². The molecule has 4 nitrogen and oxygen atoms in total. The van der Waals surface area contributed by atoms with Crippen LogP contribution in [0.1, 0.15) is 18.1 Å². The highest BCUT2D eigenvalue weighted by Crippen LogP contribution is 2.22. The third kappa shape index (κ3) is 2.89. The second-order valence-electron chi connectivity index (χ2n) is 5.89. The van der Waals surface area contributed by atoms with Crippen LogP contribution in [0.25, 0.3) is 5.52 Å². The second kappa shape index (κ2) is 6.30. The molecule has 0 saturated heterocycles. The van der Waals surface area contributed by atoms with E-state index in [9.17, 15) is 5.11 Å². The average Bonchev–Trinajstić information content (AvgIpc) is 2.99. The highest BCUT2D eigenvalue weighted by molar-refractivity contribution is 5.53. The number of benzene rings is 1. The Labute approximate surface area is 130 Å². The predicted octanol–water partition coefficient (Wildman–Crippen LogP) is 2.37. The third-order valence-electron chi connectivity index (χ3n) is 4.16. The molecule has 114 valence electrons. The Bertz CT molecular complexity index is 738. The smallest absolute Gasteiger partial charge is 0.0706 e. The number of hydrogen-bond acceptors (Lipinski definition) is 3. The minimum absolute atomic E-state index is 0.110. The zero-order valence-corrected chi connectivity index (χ0v) is 12.7. The first-order valence-electron chi connectivity index (χ1n) is 7.51. The predicted molar refractivity (Wildman–Crippen MR) is 87.8 cm³/mol. The van der Waals surface area contributed by atoms with E-state index >= 15 is 0 Å². The van der Waals surface area contributed by atoms with E-state index in [-0.39, 0.29) is 12.0 Å². The Morgan fingerprint density at radius 1 is 1.14 bits per heavy atom. The largest absolute Gasteiger partial charge is 0.395 e. The van der Waals surface area contributed by atoms with Gasteiger partial charge in [-0.15, -0.1) is 0 Å². The molecular formula is C18H21N3O. The van der Waals surface area contributed by atoms with Crippen molar-refractivity contribution in [3.8, 4) is 0 Å². The van der Waals surface area contributed by atoms with Crippen molar-refractivity contribution in [1.82, 2.24) is 14.9 Å². The molecule has 0 saturated carbocycles. The van der Waals surface area contributed by atoms with Gasteiger partial charge in [0.15, 0.2) is 0 Å². The highest BCUT2D eigenvalue weighted by Gasteiger charge is 2.25. The summed E-state index contributed by atoms with van der Waals surface area (Å²) >= 11 is 0. The van der Waals surface area contributed by atoms with Crippen molar-refractivity contribution in [2.75, 3.05) is 13.2 Å². The van der Waals surface area contributed by atoms with Gasteiger partial charge in [-0.3, -0.25) is 0 Å². The maximum absolute atomic E-state index is 9.81. The second-order valence-corrected chi connectivity index (χ2v) is 5.89. The normalized spacial score (nSPS) is 14.1. The van der Waals surface area contributed by atoms with Crippen LogP contribution in [0.2, 0.25) is 0 Å². The number of aliphatic hydroxyl groups excluding tert-OH is 1. The lowest BCUT2D eigenvalue weighted by Crippen LogP contribution is -2.38. The van der Waals surface area contributed by atoms with Gasteiger partial charge in [0.25, 0.3) is 0 Å². The monoisotopic (exact) mass is 295 g/mol. The van der Waals surface area contributed by atoms with Crippen LogP contribution in [-0.2, 0) is 12.0 Å². The summed E-state index contributed by atoms with van der Waals surface area (Å²) in [6.45, 7) is 3.62. The Morgan fingerprint density at radius 3 is 2.68 bits per heavy atom. The molecule has 0 radical (unpaired) electrons. The fourth-order valence-corrected chi connectivity index (χ4v) is 2.69. The molecule has 2 heterocycles. The quantitative estimate of drug-likeness (QED) is 0.734. The summed E-state index contributed by atoms with van der Waals surface area (Å²) in [5, 5.41) is 17.6. The van der Waals surface area contributed by atoms with Crippen LogP contribution in [0, 0.1) is 0 Å². The Kier molecular flexibility index (Phi) is 4.22. The number of nitrogens with zero attached hydrogens (tertiary/aromatic N) is 2. The maximum Gasteiger partial charge on any atom is 0.0706 e. The van der Waals surface area contributed by atoms with E-state index in [0.29, 0.717) is 6.54 Å². The molecule has 3 rings (SSSR count). The molecule has 1 atom stereocenters. The van der Waals surface area contributed by atoms with Crippen molar-refractivity contribution >= 4 is 5.52 Å². The van der Waals surface area contributed by atoms with Crippen LogP contribution in [0.3, 0.4) is 0 Å². The van der Waals surface area contributed by atoms with E-state index in [0.717, 1.165) is 23.2 Å². The van der Waals surface area contributed by atoms with Crippen molar-refractivity contribution in [1.29, 1.82) is 0 Å². The van der Waals surface area contributed by atoms with Crippen molar-refractivity contribution in [3.63, 3.8) is 0 Å². The van der Waals surface area contributed by atoms with E-state index in [1.807, 2.05) is 47.2 Å². The summed E-state index contributed by atoms with van der Waals surface area (Å²) in [5.41, 5.74) is 3.13. The molecule has 1 aromatic carbocycles. The topological polar surface area (TPSA) is 49.6 Å². The van der Waals surface area contributed by atoms with Gasteiger partial charge in [-0.1, -0.05) is 43.3 Å². The van der Waals surface area contributed by atoms with Gasteiger partial charge in [0, 0.05) is 30.3 Å². The molecule has 0 aliphatic rings. The molecule has 0 aliphatic heterocycles. The van der Waals surface area contributed by atoms with Gasteiger partial charge in [-0.2, -0.15) is 5.10 Å². The number of nitrogens with one attached hydrogen (secondary N) is 1. The van der Waals surface area contributed by atoms with Crippen molar-refractivity contribution in [2.45, 2.75) is 18.9 Å². The maximum atomic E-state index is 9.81. The van der Waals surface area contributed by atoms with Gasteiger partial charge in [0.05, 0.1) is 18.3 Å². The summed E-state index contributed by atoms with van der Waals surface area (Å²) in [4.78, 5) is 0. The molecule has 22 heavy (non-hydrogen) atoms. The molecule has 4 heteroatoms. The fraction of sp³-hybridized carbons (Fsp3) is 0.278. The van der Waals surface area contributed by atoms with E-state index in [1.165, 1.54) is 0 Å². The fourth-order valence-electron chi connectivity index (χ4n) is 2.69. The lowest BCUT2D eigenvalue weighted by molar-refractivity contribution is 0.201. The van der Waals surface area contributed by atoms with Crippen molar-refractivity contribution in [3.05, 3.63) is 72.1 Å². The Hall–Kier alpha value is -2.17. The first-order chi connectivity index (χ1) is 10.7. The molecule has 0 bridgehead atoms. The minimum atomic E-state index is -0.287. The molecule has 3 aromatic rings. The lowest BCUT2D eigenvalue weighted by Gasteiger charge is -2.28. The molecule has 0 aliphatic carbocycles. The first kappa shape index (κ1) is 14.8. The van der Waals surface area contributed by atoms with Gasteiger partial charge in [0.2, 0.25) is 0 Å². The molecule has 0 amide bonds. The first-order valence-corrected chi connectivity index (χ1v) is 7.51. The lowest BCUT2D eigenvalue weighted by atomic mass is 9.83. The third-order valence-corrected chi connectivity index (χ3v) is 4.16. The number of fused-ring (bicyclic) bond motifs is 1. The van der Waals surface area contributed by atoms with Crippen LogP contribution >= 0.6 is 0 Å². The summed E-state index contributed by atoms with van der Waals surface area (Å²) < 4.78 is 1.87. The number of rotatable bonds is 6.